The van der Waals surface area contributed by atoms with E-state index in [9.17, 15) is 5.11 Å². The van der Waals surface area contributed by atoms with Crippen LogP contribution in [0, 0.1) is 0 Å². The van der Waals surface area contributed by atoms with Gasteiger partial charge in [0.2, 0.25) is 0 Å². The Bertz CT molecular complexity index is 972. The standard InChI is InChI=1S/C29H34O5S/c1-2-35-29-28(33-21-24-16-10-5-11-17-24)27(32-20-23-14-8-4-9-15-23)26(25(18-30)34-29)31-19-22-12-6-3-7-13-22/h3-17,25-30H,2,18-21H2,1H3. The molecule has 1 aliphatic heterocycles. The predicted octanol–water partition coefficient (Wildman–Crippen LogP) is 5.21. The Morgan fingerprint density at radius 1 is 0.657 bits per heavy atom. The van der Waals surface area contributed by atoms with Crippen molar-refractivity contribution in [1.82, 2.24) is 0 Å². The third kappa shape index (κ3) is 7.40. The lowest BCUT2D eigenvalue weighted by Gasteiger charge is -2.45. The van der Waals surface area contributed by atoms with Crippen LogP contribution in [0.4, 0.5) is 0 Å². The van der Waals surface area contributed by atoms with Crippen LogP contribution in [0.3, 0.4) is 0 Å². The number of benzene rings is 3. The van der Waals surface area contributed by atoms with Crippen LogP contribution in [-0.2, 0) is 38.8 Å². The number of thioether (sulfide) groups is 1. The third-order valence-corrected chi connectivity index (χ3v) is 7.00. The largest absolute Gasteiger partial charge is 0.394 e. The summed E-state index contributed by atoms with van der Waals surface area (Å²) in [5, 5.41) is 10.2. The molecule has 5 atom stereocenters. The van der Waals surface area contributed by atoms with Gasteiger partial charge in [-0.3, -0.25) is 0 Å². The van der Waals surface area contributed by atoms with Crippen LogP contribution in [0.5, 0.6) is 0 Å². The molecule has 186 valence electrons. The molecule has 4 rings (SSSR count). The van der Waals surface area contributed by atoms with Gasteiger partial charge in [0.05, 0.1) is 26.4 Å². The second-order valence-electron chi connectivity index (χ2n) is 8.46. The Kier molecular flexibility index (Phi) is 10.2. The molecule has 0 bridgehead atoms. The van der Waals surface area contributed by atoms with Crippen LogP contribution in [0.15, 0.2) is 91.0 Å². The molecule has 3 aromatic carbocycles. The number of ether oxygens (including phenoxy) is 4. The molecule has 1 aliphatic rings. The first kappa shape index (κ1) is 25.9. The van der Waals surface area contributed by atoms with E-state index in [-0.39, 0.29) is 18.1 Å². The highest BCUT2D eigenvalue weighted by molar-refractivity contribution is 7.99. The average Bonchev–Trinajstić information content (AvgIpc) is 2.92. The highest BCUT2D eigenvalue weighted by Crippen LogP contribution is 2.35. The predicted molar refractivity (Wildman–Crippen MR) is 139 cm³/mol. The molecule has 5 unspecified atom stereocenters. The van der Waals surface area contributed by atoms with Crippen LogP contribution in [-0.4, -0.2) is 47.3 Å². The minimum absolute atomic E-state index is 0.156. The van der Waals surface area contributed by atoms with Crippen LogP contribution in [0.2, 0.25) is 0 Å². The van der Waals surface area contributed by atoms with Gasteiger partial charge in [-0.2, -0.15) is 0 Å². The lowest BCUT2D eigenvalue weighted by Crippen LogP contribution is -2.60. The smallest absolute Gasteiger partial charge is 0.132 e. The van der Waals surface area contributed by atoms with Gasteiger partial charge in [0.1, 0.15) is 29.9 Å². The van der Waals surface area contributed by atoms with Crippen LogP contribution in [0.25, 0.3) is 0 Å². The monoisotopic (exact) mass is 494 g/mol. The number of hydrogen-bond donors (Lipinski definition) is 1. The van der Waals surface area contributed by atoms with Crippen LogP contribution in [0.1, 0.15) is 23.6 Å². The molecule has 0 spiro atoms. The second kappa shape index (κ2) is 13.8. The van der Waals surface area contributed by atoms with Gasteiger partial charge in [0, 0.05) is 0 Å². The summed E-state index contributed by atoms with van der Waals surface area (Å²) in [7, 11) is 0. The molecule has 3 aromatic rings. The van der Waals surface area contributed by atoms with Crippen molar-refractivity contribution in [3.8, 4) is 0 Å². The van der Waals surface area contributed by atoms with Gasteiger partial charge in [-0.1, -0.05) is 97.9 Å². The zero-order valence-electron chi connectivity index (χ0n) is 20.1. The molecule has 5 nitrogen and oxygen atoms in total. The Labute approximate surface area is 212 Å². The van der Waals surface area contributed by atoms with Gasteiger partial charge in [0.25, 0.3) is 0 Å². The number of rotatable bonds is 12. The molecule has 0 aromatic heterocycles. The van der Waals surface area contributed by atoms with Crippen molar-refractivity contribution in [2.24, 2.45) is 0 Å². The van der Waals surface area contributed by atoms with E-state index in [4.69, 9.17) is 18.9 Å². The van der Waals surface area contributed by atoms with E-state index >= 15 is 0 Å². The zero-order chi connectivity index (χ0) is 24.3. The number of aliphatic hydroxyl groups excluding tert-OH is 1. The second-order valence-corrected chi connectivity index (χ2v) is 9.84. The summed E-state index contributed by atoms with van der Waals surface area (Å²) in [6, 6.07) is 30.2. The molecular formula is C29H34O5S. The van der Waals surface area contributed by atoms with Crippen LogP contribution >= 0.6 is 11.8 Å². The Hall–Kier alpha value is -2.19. The normalized spacial score (nSPS) is 24.3. The third-order valence-electron chi connectivity index (χ3n) is 5.96. The fourth-order valence-electron chi connectivity index (χ4n) is 4.19. The van der Waals surface area contributed by atoms with E-state index in [1.807, 2.05) is 91.0 Å². The van der Waals surface area contributed by atoms with Crippen LogP contribution < -0.4 is 0 Å². The Morgan fingerprint density at radius 3 is 1.51 bits per heavy atom. The highest BCUT2D eigenvalue weighted by atomic mass is 32.2. The molecular weight excluding hydrogens is 460 g/mol. The molecule has 6 heteroatoms. The number of hydrogen-bond acceptors (Lipinski definition) is 6. The van der Waals surface area contributed by atoms with Gasteiger partial charge in [-0.05, 0) is 22.4 Å². The molecule has 1 N–H and O–H groups in total. The maximum Gasteiger partial charge on any atom is 0.132 e. The fraction of sp³-hybridized carbons (Fsp3) is 0.379. The summed E-state index contributed by atoms with van der Waals surface area (Å²) in [6.45, 7) is 3.19. The molecule has 1 fully saturated rings. The van der Waals surface area contributed by atoms with E-state index in [0.29, 0.717) is 19.8 Å². The van der Waals surface area contributed by atoms with E-state index < -0.39 is 18.3 Å². The van der Waals surface area contributed by atoms with Crippen molar-refractivity contribution >= 4 is 11.8 Å². The fourth-order valence-corrected chi connectivity index (χ4v) is 5.16. The van der Waals surface area contributed by atoms with E-state index in [2.05, 4.69) is 6.92 Å². The summed E-state index contributed by atoms with van der Waals surface area (Å²) in [5.41, 5.74) is 2.93. The number of aliphatic hydroxyl groups is 1. The van der Waals surface area contributed by atoms with E-state index in [1.54, 1.807) is 11.8 Å². The minimum Gasteiger partial charge on any atom is -0.394 e. The van der Waals surface area contributed by atoms with Crippen molar-refractivity contribution in [2.75, 3.05) is 12.4 Å². The van der Waals surface area contributed by atoms with Gasteiger partial charge >= 0.3 is 0 Å². The van der Waals surface area contributed by atoms with Crippen molar-refractivity contribution in [2.45, 2.75) is 56.6 Å². The van der Waals surface area contributed by atoms with Gasteiger partial charge in [-0.15, -0.1) is 11.8 Å². The molecule has 0 amide bonds. The summed E-state index contributed by atoms with van der Waals surface area (Å²) < 4.78 is 25.7. The summed E-state index contributed by atoms with van der Waals surface area (Å²) in [5.74, 6) is 0.856. The van der Waals surface area contributed by atoms with Gasteiger partial charge < -0.3 is 24.1 Å². The minimum atomic E-state index is -0.514. The Morgan fingerprint density at radius 2 is 1.09 bits per heavy atom. The van der Waals surface area contributed by atoms with Crippen molar-refractivity contribution < 1.29 is 24.1 Å². The first-order valence-corrected chi connectivity index (χ1v) is 13.2. The lowest BCUT2D eigenvalue weighted by molar-refractivity contribution is -0.251. The zero-order valence-corrected chi connectivity index (χ0v) is 20.9. The first-order valence-electron chi connectivity index (χ1n) is 12.1. The van der Waals surface area contributed by atoms with E-state index in [0.717, 1.165) is 22.4 Å². The quantitative estimate of drug-likeness (QED) is 0.373. The topological polar surface area (TPSA) is 57.2 Å². The van der Waals surface area contributed by atoms with Gasteiger partial charge in [0.15, 0.2) is 0 Å². The van der Waals surface area contributed by atoms with Gasteiger partial charge in [-0.25, -0.2) is 0 Å². The van der Waals surface area contributed by atoms with Crippen molar-refractivity contribution in [1.29, 1.82) is 0 Å². The summed E-state index contributed by atoms with van der Waals surface area (Å²) in [4.78, 5) is 0. The Balaban J connectivity index is 1.58. The first-order chi connectivity index (χ1) is 17.3. The maximum atomic E-state index is 10.2. The molecule has 0 radical (unpaired) electrons. The molecule has 0 saturated carbocycles. The average molecular weight is 495 g/mol. The van der Waals surface area contributed by atoms with Crippen molar-refractivity contribution in [3.05, 3.63) is 108 Å². The SMILES string of the molecule is CCSC1OC(CO)C(OCc2ccccc2)C(OCc2ccccc2)C1OCc1ccccc1. The summed E-state index contributed by atoms with van der Waals surface area (Å²) >= 11 is 1.66. The lowest BCUT2D eigenvalue weighted by atomic mass is 9.99. The maximum absolute atomic E-state index is 10.2. The molecule has 0 aliphatic carbocycles. The highest BCUT2D eigenvalue weighted by Gasteiger charge is 2.48. The molecule has 1 saturated heterocycles. The molecule has 35 heavy (non-hydrogen) atoms. The molecule has 1 heterocycles. The van der Waals surface area contributed by atoms with Crippen molar-refractivity contribution in [3.63, 3.8) is 0 Å². The van der Waals surface area contributed by atoms with E-state index in [1.165, 1.54) is 0 Å². The summed E-state index contributed by atoms with van der Waals surface area (Å²) in [6.07, 6.45) is -1.79.